The van der Waals surface area contributed by atoms with E-state index in [0.717, 1.165) is 18.4 Å². The number of ether oxygens (including phenoxy) is 1. The van der Waals surface area contributed by atoms with E-state index in [4.69, 9.17) is 17.0 Å². The molecule has 0 bridgehead atoms. The summed E-state index contributed by atoms with van der Waals surface area (Å²) in [6.45, 7) is 2.82. The highest BCUT2D eigenvalue weighted by Gasteiger charge is 2.12. The second-order valence-corrected chi connectivity index (χ2v) is 9.52. The summed E-state index contributed by atoms with van der Waals surface area (Å²) in [5.74, 6) is 0.248. The maximum atomic E-state index is 12.7. The minimum Gasteiger partial charge on any atom is -0.492 e. The summed E-state index contributed by atoms with van der Waals surface area (Å²) in [5.41, 5.74) is 2.66. The molecule has 36 heavy (non-hydrogen) atoms. The monoisotopic (exact) mass is 567 g/mol. The molecule has 188 valence electrons. The van der Waals surface area contributed by atoms with Crippen molar-refractivity contribution < 1.29 is 14.3 Å². The van der Waals surface area contributed by atoms with Crippen LogP contribution in [0.4, 0.5) is 11.4 Å². The molecule has 2 amide bonds. The van der Waals surface area contributed by atoms with Crippen molar-refractivity contribution in [1.29, 1.82) is 0 Å². The van der Waals surface area contributed by atoms with Crippen LogP contribution in [0, 0.1) is 0 Å². The van der Waals surface area contributed by atoms with Gasteiger partial charge in [-0.05, 0) is 76.5 Å². The zero-order chi connectivity index (χ0) is 25.8. The van der Waals surface area contributed by atoms with Crippen LogP contribution in [0.25, 0.3) is 0 Å². The second kappa shape index (κ2) is 14.4. The van der Waals surface area contributed by atoms with E-state index in [0.29, 0.717) is 33.8 Å². The number of hydrogen-bond acceptors (Lipinski definition) is 4. The van der Waals surface area contributed by atoms with Crippen molar-refractivity contribution >= 4 is 56.4 Å². The van der Waals surface area contributed by atoms with Crippen molar-refractivity contribution in [2.75, 3.05) is 17.2 Å². The Labute approximate surface area is 226 Å². The average molecular weight is 569 g/mol. The van der Waals surface area contributed by atoms with Gasteiger partial charge in [0.1, 0.15) is 5.75 Å². The van der Waals surface area contributed by atoms with E-state index in [-0.39, 0.29) is 23.3 Å². The highest BCUT2D eigenvalue weighted by molar-refractivity contribution is 9.10. The van der Waals surface area contributed by atoms with Crippen molar-refractivity contribution in [2.24, 2.45) is 0 Å². The summed E-state index contributed by atoms with van der Waals surface area (Å²) in [6, 6.07) is 21.9. The number of halogens is 1. The van der Waals surface area contributed by atoms with E-state index in [2.05, 4.69) is 38.8 Å². The Hall–Kier alpha value is -3.23. The number of nitrogens with one attached hydrogen (secondary N) is 3. The molecule has 3 aromatic rings. The number of thiocarbonyl (C=S) groups is 1. The molecule has 0 fully saturated rings. The first-order valence-electron chi connectivity index (χ1n) is 11.9. The van der Waals surface area contributed by atoms with Crippen LogP contribution >= 0.6 is 28.1 Å². The molecule has 0 aliphatic carbocycles. The molecule has 0 aromatic heterocycles. The lowest BCUT2D eigenvalue weighted by Gasteiger charge is -2.12. The fraction of sp³-hybridized carbons (Fsp3) is 0.250. The standard InChI is InChI=1S/C28H30BrN3O3S/c1-2-3-4-8-16-35-25-15-14-21(18-24(25)29)27(34)32-28(36)31-23-13-9-12-22(19-23)30-26(33)17-20-10-6-5-7-11-20/h5-7,9-15,18-19H,2-4,8,16-17H2,1H3,(H,30,33)(H2,31,32,34,36). The highest BCUT2D eigenvalue weighted by atomic mass is 79.9. The van der Waals surface area contributed by atoms with Gasteiger partial charge in [-0.25, -0.2) is 0 Å². The molecule has 0 saturated carbocycles. The van der Waals surface area contributed by atoms with Gasteiger partial charge in [-0.1, -0.05) is 62.6 Å². The Morgan fingerprint density at radius 1 is 0.889 bits per heavy atom. The van der Waals surface area contributed by atoms with Gasteiger partial charge in [0.15, 0.2) is 5.11 Å². The maximum Gasteiger partial charge on any atom is 0.257 e. The third-order valence-corrected chi connectivity index (χ3v) is 6.11. The first kappa shape index (κ1) is 27.4. The van der Waals surface area contributed by atoms with E-state index in [1.54, 1.807) is 42.5 Å². The summed E-state index contributed by atoms with van der Waals surface area (Å²) < 4.78 is 6.51. The third kappa shape index (κ3) is 9.09. The van der Waals surface area contributed by atoms with Gasteiger partial charge in [-0.3, -0.25) is 14.9 Å². The topological polar surface area (TPSA) is 79.5 Å². The van der Waals surface area contributed by atoms with Crippen LogP contribution in [-0.2, 0) is 11.2 Å². The Morgan fingerprint density at radius 3 is 2.36 bits per heavy atom. The van der Waals surface area contributed by atoms with Crippen LogP contribution in [0.3, 0.4) is 0 Å². The predicted octanol–water partition coefficient (Wildman–Crippen LogP) is 6.72. The number of amides is 2. The van der Waals surface area contributed by atoms with E-state index in [1.165, 1.54) is 12.8 Å². The Bertz CT molecular complexity index is 1190. The summed E-state index contributed by atoms with van der Waals surface area (Å²) in [4.78, 5) is 25.0. The Kier molecular flexibility index (Phi) is 10.9. The SMILES string of the molecule is CCCCCCOc1ccc(C(=O)NC(=S)Nc2cccc(NC(=O)Cc3ccccc3)c2)cc1Br. The lowest BCUT2D eigenvalue weighted by molar-refractivity contribution is -0.115. The number of benzene rings is 3. The molecule has 0 radical (unpaired) electrons. The van der Waals surface area contributed by atoms with Gasteiger partial charge in [-0.15, -0.1) is 0 Å². The van der Waals surface area contributed by atoms with Gasteiger partial charge in [0, 0.05) is 16.9 Å². The van der Waals surface area contributed by atoms with Crippen LogP contribution in [-0.4, -0.2) is 23.5 Å². The van der Waals surface area contributed by atoms with Crippen molar-refractivity contribution in [3.05, 3.63) is 88.4 Å². The lowest BCUT2D eigenvalue weighted by Crippen LogP contribution is -2.34. The second-order valence-electron chi connectivity index (χ2n) is 8.25. The van der Waals surface area contributed by atoms with E-state index in [1.807, 2.05) is 30.3 Å². The molecule has 0 spiro atoms. The van der Waals surface area contributed by atoms with E-state index >= 15 is 0 Å². The normalized spacial score (nSPS) is 10.4. The number of rotatable bonds is 11. The van der Waals surface area contributed by atoms with E-state index in [9.17, 15) is 9.59 Å². The molecule has 0 unspecified atom stereocenters. The molecule has 3 aromatic carbocycles. The van der Waals surface area contributed by atoms with Gasteiger partial charge in [0.2, 0.25) is 5.91 Å². The van der Waals surface area contributed by atoms with Crippen LogP contribution in [0.2, 0.25) is 0 Å². The van der Waals surface area contributed by atoms with Crippen LogP contribution in [0.5, 0.6) is 5.75 Å². The summed E-state index contributed by atoms with van der Waals surface area (Å²) in [7, 11) is 0. The molecule has 8 heteroatoms. The number of anilines is 2. The smallest absolute Gasteiger partial charge is 0.257 e. The molecule has 3 N–H and O–H groups in total. The fourth-order valence-electron chi connectivity index (χ4n) is 3.47. The molecule has 3 rings (SSSR count). The van der Waals surface area contributed by atoms with Gasteiger partial charge < -0.3 is 15.4 Å². The zero-order valence-corrected chi connectivity index (χ0v) is 22.6. The molecule has 0 aliphatic heterocycles. The Balaban J connectivity index is 1.50. The van der Waals surface area contributed by atoms with E-state index < -0.39 is 0 Å². The number of unbranched alkanes of at least 4 members (excludes halogenated alkanes) is 3. The minimum absolute atomic E-state index is 0.117. The van der Waals surface area contributed by atoms with Crippen molar-refractivity contribution in [3.8, 4) is 5.75 Å². The molecular formula is C28H30BrN3O3S. The summed E-state index contributed by atoms with van der Waals surface area (Å²) in [6.07, 6.45) is 4.80. The van der Waals surface area contributed by atoms with Gasteiger partial charge >= 0.3 is 0 Å². The largest absolute Gasteiger partial charge is 0.492 e. The third-order valence-electron chi connectivity index (χ3n) is 5.29. The van der Waals surface area contributed by atoms with Gasteiger partial charge in [0.05, 0.1) is 17.5 Å². The zero-order valence-electron chi connectivity index (χ0n) is 20.2. The van der Waals surface area contributed by atoms with Crippen LogP contribution < -0.4 is 20.7 Å². The minimum atomic E-state index is -0.338. The maximum absolute atomic E-state index is 12.7. The first-order valence-corrected chi connectivity index (χ1v) is 13.1. The molecule has 0 aliphatic rings. The fourth-order valence-corrected chi connectivity index (χ4v) is 4.17. The molecule has 0 heterocycles. The van der Waals surface area contributed by atoms with Crippen LogP contribution in [0.15, 0.2) is 77.3 Å². The van der Waals surface area contributed by atoms with Crippen LogP contribution in [0.1, 0.15) is 48.5 Å². The molecule has 0 atom stereocenters. The van der Waals surface area contributed by atoms with Gasteiger partial charge in [0.25, 0.3) is 5.91 Å². The van der Waals surface area contributed by atoms with Crippen molar-refractivity contribution in [2.45, 2.75) is 39.0 Å². The number of carbonyl (C=O) groups is 2. The Morgan fingerprint density at radius 2 is 1.64 bits per heavy atom. The highest BCUT2D eigenvalue weighted by Crippen LogP contribution is 2.26. The van der Waals surface area contributed by atoms with Crippen molar-refractivity contribution in [3.63, 3.8) is 0 Å². The molecule has 6 nitrogen and oxygen atoms in total. The first-order chi connectivity index (χ1) is 17.4. The molecule has 0 saturated heterocycles. The predicted molar refractivity (Wildman–Crippen MR) is 153 cm³/mol. The summed E-state index contributed by atoms with van der Waals surface area (Å²) in [5, 5.41) is 8.70. The van der Waals surface area contributed by atoms with Gasteiger partial charge in [-0.2, -0.15) is 0 Å². The number of carbonyl (C=O) groups excluding carboxylic acids is 2. The summed E-state index contributed by atoms with van der Waals surface area (Å²) >= 11 is 8.79. The van der Waals surface area contributed by atoms with Crippen molar-refractivity contribution in [1.82, 2.24) is 5.32 Å². The lowest BCUT2D eigenvalue weighted by atomic mass is 10.1. The molecular weight excluding hydrogens is 538 g/mol. The number of hydrogen-bond donors (Lipinski definition) is 3. The average Bonchev–Trinajstić information content (AvgIpc) is 2.85. The quantitative estimate of drug-likeness (QED) is 0.177.